The minimum atomic E-state index is -0.215. The largest absolute Gasteiger partial charge is 0.380 e. The van der Waals surface area contributed by atoms with Crippen molar-refractivity contribution in [2.24, 2.45) is 0 Å². The average Bonchev–Trinajstić information content (AvgIpc) is 3.11. The lowest BCUT2D eigenvalue weighted by Crippen LogP contribution is -2.58. The standard InChI is InChI=1S/C39H54N6O3/c1-7-48-26-25-42(6)37(46)29(2)33-13-15-34(16-14-33)45(27-32-11-9-8-10-12-32)35-17-21-44(22-18-35)39(5)19-23-43(24-20-39)38(47)36-30(3)40-28-41-31(36)4/h8-16,28-29,35H,7,17-27H2,1-6H3. The zero-order chi connectivity index (χ0) is 34.3. The van der Waals surface area contributed by atoms with Crippen LogP contribution in [0.3, 0.4) is 0 Å². The second-order valence-corrected chi connectivity index (χ2v) is 13.8. The van der Waals surface area contributed by atoms with E-state index in [1.807, 2.05) is 39.6 Å². The summed E-state index contributed by atoms with van der Waals surface area (Å²) in [6.45, 7) is 16.3. The molecule has 3 heterocycles. The fourth-order valence-electron chi connectivity index (χ4n) is 7.38. The van der Waals surface area contributed by atoms with Gasteiger partial charge in [0.2, 0.25) is 5.91 Å². The summed E-state index contributed by atoms with van der Waals surface area (Å²) in [7, 11) is 1.85. The van der Waals surface area contributed by atoms with Gasteiger partial charge in [-0.3, -0.25) is 14.5 Å². The molecular weight excluding hydrogens is 600 g/mol. The molecule has 0 radical (unpaired) electrons. The molecule has 1 unspecified atom stereocenters. The maximum Gasteiger partial charge on any atom is 0.257 e. The van der Waals surface area contributed by atoms with E-state index >= 15 is 0 Å². The smallest absolute Gasteiger partial charge is 0.257 e. The third-order valence-corrected chi connectivity index (χ3v) is 10.7. The quantitative estimate of drug-likeness (QED) is 0.227. The maximum atomic E-state index is 13.4. The lowest BCUT2D eigenvalue weighted by Gasteiger charge is -2.50. The molecule has 1 aromatic heterocycles. The van der Waals surface area contributed by atoms with Gasteiger partial charge < -0.3 is 19.4 Å². The molecule has 0 bridgehead atoms. The van der Waals surface area contributed by atoms with Crippen LogP contribution >= 0.6 is 0 Å². The molecule has 48 heavy (non-hydrogen) atoms. The summed E-state index contributed by atoms with van der Waals surface area (Å²) >= 11 is 0. The molecule has 0 saturated carbocycles. The molecule has 2 aliphatic rings. The van der Waals surface area contributed by atoms with Crippen molar-refractivity contribution in [1.82, 2.24) is 24.7 Å². The highest BCUT2D eigenvalue weighted by molar-refractivity contribution is 5.96. The van der Waals surface area contributed by atoms with Crippen LogP contribution in [-0.4, -0.2) is 101 Å². The summed E-state index contributed by atoms with van der Waals surface area (Å²) in [4.78, 5) is 44.1. The Kier molecular flexibility index (Phi) is 11.9. The van der Waals surface area contributed by atoms with Crippen LogP contribution < -0.4 is 4.90 Å². The third-order valence-electron chi connectivity index (χ3n) is 10.7. The van der Waals surface area contributed by atoms with Crippen LogP contribution in [0.4, 0.5) is 5.69 Å². The summed E-state index contributed by atoms with van der Waals surface area (Å²) in [5, 5.41) is 0. The number of piperidine rings is 2. The number of nitrogens with zero attached hydrogens (tertiary/aromatic N) is 6. The Morgan fingerprint density at radius 3 is 2.19 bits per heavy atom. The number of anilines is 1. The van der Waals surface area contributed by atoms with Gasteiger partial charge in [-0.2, -0.15) is 0 Å². The monoisotopic (exact) mass is 654 g/mol. The molecule has 3 aromatic rings. The van der Waals surface area contributed by atoms with Crippen molar-refractivity contribution in [3.05, 3.63) is 89.0 Å². The van der Waals surface area contributed by atoms with E-state index in [1.54, 1.807) is 4.90 Å². The number of aromatic nitrogens is 2. The number of hydrogen-bond acceptors (Lipinski definition) is 7. The van der Waals surface area contributed by atoms with Gasteiger partial charge in [0, 0.05) is 70.2 Å². The van der Waals surface area contributed by atoms with Crippen LogP contribution in [0.25, 0.3) is 0 Å². The Labute approximate surface area is 287 Å². The van der Waals surface area contributed by atoms with Gasteiger partial charge >= 0.3 is 0 Å². The van der Waals surface area contributed by atoms with E-state index in [1.165, 1.54) is 17.6 Å². The molecule has 2 amide bonds. The summed E-state index contributed by atoms with van der Waals surface area (Å²) in [5.41, 5.74) is 5.75. The van der Waals surface area contributed by atoms with Crippen molar-refractivity contribution in [3.63, 3.8) is 0 Å². The van der Waals surface area contributed by atoms with Crippen molar-refractivity contribution >= 4 is 17.5 Å². The van der Waals surface area contributed by atoms with Crippen molar-refractivity contribution in [2.45, 2.75) is 84.3 Å². The average molecular weight is 655 g/mol. The Morgan fingerprint density at radius 1 is 0.958 bits per heavy atom. The van der Waals surface area contributed by atoms with E-state index in [0.717, 1.165) is 75.4 Å². The second kappa shape index (κ2) is 16.1. The van der Waals surface area contributed by atoms with E-state index < -0.39 is 0 Å². The first-order valence-corrected chi connectivity index (χ1v) is 17.7. The van der Waals surface area contributed by atoms with E-state index in [9.17, 15) is 9.59 Å². The summed E-state index contributed by atoms with van der Waals surface area (Å²) in [6, 6.07) is 19.8. The number of carbonyl (C=O) groups is 2. The fourth-order valence-corrected chi connectivity index (χ4v) is 7.38. The number of carbonyl (C=O) groups excluding carboxylic acids is 2. The van der Waals surface area contributed by atoms with Gasteiger partial charge in [0.15, 0.2) is 0 Å². The summed E-state index contributed by atoms with van der Waals surface area (Å²) in [5.74, 6) is -0.0479. The SMILES string of the molecule is CCOCCN(C)C(=O)C(C)c1ccc(N(Cc2ccccc2)C2CCN(C3(C)CCN(C(=O)c4c(C)ncnc4C)CC3)CC2)cc1. The lowest BCUT2D eigenvalue weighted by molar-refractivity contribution is -0.131. The molecule has 0 spiro atoms. The minimum absolute atomic E-state index is 0.0567. The molecule has 0 aliphatic carbocycles. The highest BCUT2D eigenvalue weighted by atomic mass is 16.5. The Morgan fingerprint density at radius 2 is 1.58 bits per heavy atom. The molecule has 2 aliphatic heterocycles. The second-order valence-electron chi connectivity index (χ2n) is 13.8. The van der Waals surface area contributed by atoms with Gasteiger partial charge in [-0.15, -0.1) is 0 Å². The molecule has 0 N–H and O–H groups in total. The number of amides is 2. The van der Waals surface area contributed by atoms with E-state index in [0.29, 0.717) is 31.4 Å². The van der Waals surface area contributed by atoms with Crippen LogP contribution in [0, 0.1) is 13.8 Å². The van der Waals surface area contributed by atoms with E-state index in [2.05, 4.69) is 81.3 Å². The Hall–Kier alpha value is -3.82. The lowest BCUT2D eigenvalue weighted by atomic mass is 9.85. The van der Waals surface area contributed by atoms with Gasteiger partial charge in [0.25, 0.3) is 5.91 Å². The summed E-state index contributed by atoms with van der Waals surface area (Å²) < 4.78 is 5.45. The van der Waals surface area contributed by atoms with Gasteiger partial charge in [-0.25, -0.2) is 9.97 Å². The molecule has 5 rings (SSSR count). The number of aryl methyl sites for hydroxylation is 2. The van der Waals surface area contributed by atoms with Crippen LogP contribution in [-0.2, 0) is 16.1 Å². The van der Waals surface area contributed by atoms with E-state index in [4.69, 9.17) is 4.74 Å². The molecule has 1 atom stereocenters. The Balaban J connectivity index is 1.23. The zero-order valence-corrected chi connectivity index (χ0v) is 29.8. The zero-order valence-electron chi connectivity index (χ0n) is 29.8. The number of hydrogen-bond donors (Lipinski definition) is 0. The highest BCUT2D eigenvalue weighted by Gasteiger charge is 2.40. The van der Waals surface area contributed by atoms with Crippen molar-refractivity contribution in [3.8, 4) is 0 Å². The first-order valence-electron chi connectivity index (χ1n) is 17.7. The fraction of sp³-hybridized carbons (Fsp3) is 0.538. The number of likely N-dealkylation sites (N-methyl/N-ethyl adjacent to an activating group) is 1. The minimum Gasteiger partial charge on any atom is -0.380 e. The highest BCUT2D eigenvalue weighted by Crippen LogP contribution is 2.35. The first-order chi connectivity index (χ1) is 23.1. The first kappa shape index (κ1) is 35.5. The predicted octanol–water partition coefficient (Wildman–Crippen LogP) is 5.86. The molecule has 2 aromatic carbocycles. The molecule has 2 saturated heterocycles. The van der Waals surface area contributed by atoms with Crippen LogP contribution in [0.2, 0.25) is 0 Å². The van der Waals surface area contributed by atoms with Crippen molar-refractivity contribution < 1.29 is 14.3 Å². The molecular formula is C39H54N6O3. The van der Waals surface area contributed by atoms with Crippen LogP contribution in [0.15, 0.2) is 60.9 Å². The topological polar surface area (TPSA) is 82.1 Å². The number of likely N-dealkylation sites (tertiary alicyclic amines) is 2. The van der Waals surface area contributed by atoms with Crippen LogP contribution in [0.1, 0.15) is 85.2 Å². The molecule has 2 fully saturated rings. The van der Waals surface area contributed by atoms with Gasteiger partial charge in [-0.05, 0) is 83.6 Å². The maximum absolute atomic E-state index is 13.4. The molecule has 9 nitrogen and oxygen atoms in total. The molecule has 9 heteroatoms. The van der Waals surface area contributed by atoms with Gasteiger partial charge in [0.05, 0.1) is 29.5 Å². The van der Waals surface area contributed by atoms with Gasteiger partial charge in [0.1, 0.15) is 6.33 Å². The normalized spacial score (nSPS) is 17.6. The predicted molar refractivity (Wildman–Crippen MR) is 191 cm³/mol. The molecule has 258 valence electrons. The van der Waals surface area contributed by atoms with E-state index in [-0.39, 0.29) is 23.3 Å². The third kappa shape index (κ3) is 8.24. The summed E-state index contributed by atoms with van der Waals surface area (Å²) in [6.07, 6.45) is 5.60. The van der Waals surface area contributed by atoms with Crippen LogP contribution in [0.5, 0.6) is 0 Å². The van der Waals surface area contributed by atoms with Crippen molar-refractivity contribution in [1.29, 1.82) is 0 Å². The van der Waals surface area contributed by atoms with Gasteiger partial charge in [-0.1, -0.05) is 42.5 Å². The number of ether oxygens (including phenoxy) is 1. The van der Waals surface area contributed by atoms with Crippen molar-refractivity contribution in [2.75, 3.05) is 57.9 Å². The number of benzene rings is 2. The Bertz CT molecular complexity index is 1480. The number of rotatable bonds is 12.